The Balaban J connectivity index is 1.93. The highest BCUT2D eigenvalue weighted by atomic mass is 16.2. The minimum absolute atomic E-state index is 0.140. The first-order valence-corrected chi connectivity index (χ1v) is 3.57. The zero-order chi connectivity index (χ0) is 7.14. The van der Waals surface area contributed by atoms with Crippen LogP contribution in [0, 0.1) is 0 Å². The summed E-state index contributed by atoms with van der Waals surface area (Å²) in [5, 5.41) is 3.11. The Morgan fingerprint density at radius 3 is 2.60 bits per heavy atom. The molecule has 2 rings (SSSR count). The molecule has 0 saturated carbocycles. The van der Waals surface area contributed by atoms with Crippen molar-refractivity contribution in [3.63, 3.8) is 0 Å². The van der Waals surface area contributed by atoms with Crippen LogP contribution in [0.4, 0.5) is 0 Å². The summed E-state index contributed by atoms with van der Waals surface area (Å²) in [5.74, 6) is 0.229. The number of nitrogens with zero attached hydrogens (tertiary/aromatic N) is 1. The first-order valence-electron chi connectivity index (χ1n) is 3.57. The first kappa shape index (κ1) is 6.12. The van der Waals surface area contributed by atoms with Crippen LogP contribution in [-0.2, 0) is 4.79 Å². The highest BCUT2D eigenvalue weighted by Crippen LogP contribution is 2.16. The molecule has 0 radical (unpaired) electrons. The van der Waals surface area contributed by atoms with E-state index in [1.807, 2.05) is 0 Å². The standard InChI is InChI=1S/C6H11N3O/c7-4-3-8-6(4)9-2-1-5(9)10/h4,6,8H,1-3,7H2. The highest BCUT2D eigenvalue weighted by molar-refractivity contribution is 5.82. The lowest BCUT2D eigenvalue weighted by Crippen LogP contribution is -2.72. The minimum atomic E-state index is 0.140. The number of amides is 1. The second kappa shape index (κ2) is 1.93. The molecule has 2 fully saturated rings. The molecule has 0 aliphatic carbocycles. The predicted octanol–water partition coefficient (Wildman–Crippen LogP) is -1.52. The smallest absolute Gasteiger partial charge is 0.225 e. The Morgan fingerprint density at radius 1 is 1.70 bits per heavy atom. The second-order valence-electron chi connectivity index (χ2n) is 2.85. The van der Waals surface area contributed by atoms with Crippen molar-refractivity contribution in [1.29, 1.82) is 0 Å². The first-order chi connectivity index (χ1) is 4.79. The third-order valence-electron chi connectivity index (χ3n) is 2.19. The van der Waals surface area contributed by atoms with Gasteiger partial charge in [-0.3, -0.25) is 10.1 Å². The Labute approximate surface area is 59.4 Å². The Hall–Kier alpha value is -0.610. The molecule has 0 aromatic heterocycles. The summed E-state index contributed by atoms with van der Waals surface area (Å²) in [5.41, 5.74) is 5.64. The van der Waals surface area contributed by atoms with E-state index in [0.717, 1.165) is 13.1 Å². The molecule has 2 saturated heterocycles. The summed E-state index contributed by atoms with van der Waals surface area (Å²) in [4.78, 5) is 12.6. The van der Waals surface area contributed by atoms with Crippen molar-refractivity contribution in [2.45, 2.75) is 18.6 Å². The molecule has 2 unspecified atom stereocenters. The van der Waals surface area contributed by atoms with Crippen molar-refractivity contribution in [3.05, 3.63) is 0 Å². The van der Waals surface area contributed by atoms with Gasteiger partial charge in [-0.15, -0.1) is 0 Å². The zero-order valence-corrected chi connectivity index (χ0v) is 5.71. The molecule has 10 heavy (non-hydrogen) atoms. The van der Waals surface area contributed by atoms with Gasteiger partial charge in [0.2, 0.25) is 5.91 Å². The lowest BCUT2D eigenvalue weighted by atomic mass is 10.0. The van der Waals surface area contributed by atoms with E-state index in [-0.39, 0.29) is 18.1 Å². The van der Waals surface area contributed by atoms with Gasteiger partial charge < -0.3 is 10.6 Å². The lowest BCUT2D eigenvalue weighted by molar-refractivity contribution is -0.147. The van der Waals surface area contributed by atoms with E-state index in [1.54, 1.807) is 4.90 Å². The maximum atomic E-state index is 10.8. The van der Waals surface area contributed by atoms with Crippen LogP contribution in [-0.4, -0.2) is 36.1 Å². The molecule has 2 aliphatic rings. The van der Waals surface area contributed by atoms with E-state index in [4.69, 9.17) is 5.73 Å². The van der Waals surface area contributed by atoms with Gasteiger partial charge in [-0.1, -0.05) is 0 Å². The number of β-lactam (4-membered cyclic amide) rings is 1. The second-order valence-corrected chi connectivity index (χ2v) is 2.85. The molecular weight excluding hydrogens is 130 g/mol. The van der Waals surface area contributed by atoms with E-state index in [2.05, 4.69) is 5.32 Å². The van der Waals surface area contributed by atoms with Crippen LogP contribution in [0.15, 0.2) is 0 Å². The van der Waals surface area contributed by atoms with Gasteiger partial charge in [0.25, 0.3) is 0 Å². The van der Waals surface area contributed by atoms with Crippen molar-refractivity contribution in [3.8, 4) is 0 Å². The van der Waals surface area contributed by atoms with Crippen LogP contribution in [0.5, 0.6) is 0 Å². The van der Waals surface area contributed by atoms with Crippen LogP contribution >= 0.6 is 0 Å². The molecule has 4 heteroatoms. The van der Waals surface area contributed by atoms with Crippen molar-refractivity contribution < 1.29 is 4.79 Å². The average molecular weight is 141 g/mol. The lowest BCUT2D eigenvalue weighted by Gasteiger charge is -2.47. The Kier molecular flexibility index (Phi) is 1.18. The number of carbonyl (C=O) groups excluding carboxylic acids is 1. The maximum Gasteiger partial charge on any atom is 0.225 e. The molecule has 2 heterocycles. The van der Waals surface area contributed by atoms with E-state index in [9.17, 15) is 4.79 Å². The summed E-state index contributed by atoms with van der Waals surface area (Å²) in [6, 6.07) is 0.157. The molecule has 0 bridgehead atoms. The summed E-state index contributed by atoms with van der Waals surface area (Å²) < 4.78 is 0. The molecular formula is C6H11N3O. The molecule has 4 nitrogen and oxygen atoms in total. The number of rotatable bonds is 1. The van der Waals surface area contributed by atoms with E-state index < -0.39 is 0 Å². The topological polar surface area (TPSA) is 58.4 Å². The molecule has 0 spiro atoms. The van der Waals surface area contributed by atoms with Crippen LogP contribution in [0.1, 0.15) is 6.42 Å². The molecule has 56 valence electrons. The van der Waals surface area contributed by atoms with Gasteiger partial charge in [0, 0.05) is 19.5 Å². The predicted molar refractivity (Wildman–Crippen MR) is 36.1 cm³/mol. The zero-order valence-electron chi connectivity index (χ0n) is 5.71. The van der Waals surface area contributed by atoms with Gasteiger partial charge in [0.1, 0.15) is 0 Å². The number of hydrogen-bond acceptors (Lipinski definition) is 3. The molecule has 0 aromatic carbocycles. The number of nitrogens with two attached hydrogens (primary N) is 1. The molecule has 2 atom stereocenters. The van der Waals surface area contributed by atoms with Crippen molar-refractivity contribution >= 4 is 5.91 Å². The third-order valence-corrected chi connectivity index (χ3v) is 2.19. The Morgan fingerprint density at radius 2 is 2.50 bits per heavy atom. The molecule has 2 aliphatic heterocycles. The van der Waals surface area contributed by atoms with Gasteiger partial charge in [-0.05, 0) is 0 Å². The van der Waals surface area contributed by atoms with Crippen molar-refractivity contribution in [1.82, 2.24) is 10.2 Å². The van der Waals surface area contributed by atoms with Gasteiger partial charge in [-0.2, -0.15) is 0 Å². The summed E-state index contributed by atoms with van der Waals surface area (Å²) in [7, 11) is 0. The highest BCUT2D eigenvalue weighted by Gasteiger charge is 2.39. The maximum absolute atomic E-state index is 10.8. The largest absolute Gasteiger partial charge is 0.325 e. The SMILES string of the molecule is NC1CNC1N1CCC1=O. The fourth-order valence-corrected chi connectivity index (χ4v) is 1.33. The normalized spacial score (nSPS) is 38.9. The average Bonchev–Trinajstić information content (AvgIpc) is 1.93. The van der Waals surface area contributed by atoms with Gasteiger partial charge >= 0.3 is 0 Å². The molecule has 3 N–H and O–H groups in total. The fourth-order valence-electron chi connectivity index (χ4n) is 1.33. The summed E-state index contributed by atoms with van der Waals surface area (Å²) >= 11 is 0. The number of carbonyl (C=O) groups is 1. The molecule has 1 amide bonds. The number of hydrogen-bond donors (Lipinski definition) is 2. The summed E-state index contributed by atoms with van der Waals surface area (Å²) in [6.07, 6.45) is 0.839. The van der Waals surface area contributed by atoms with Crippen LogP contribution in [0.25, 0.3) is 0 Å². The summed E-state index contributed by atoms with van der Waals surface area (Å²) in [6.45, 7) is 1.72. The monoisotopic (exact) mass is 141 g/mol. The fraction of sp³-hybridized carbons (Fsp3) is 0.833. The molecule has 0 aromatic rings. The van der Waals surface area contributed by atoms with Crippen LogP contribution in [0.3, 0.4) is 0 Å². The third kappa shape index (κ3) is 0.660. The van der Waals surface area contributed by atoms with Gasteiger partial charge in [0.15, 0.2) is 0 Å². The Bertz CT molecular complexity index is 170. The van der Waals surface area contributed by atoms with E-state index in [0.29, 0.717) is 6.42 Å². The number of nitrogens with one attached hydrogen (secondary N) is 1. The minimum Gasteiger partial charge on any atom is -0.325 e. The van der Waals surface area contributed by atoms with Gasteiger partial charge in [0.05, 0.1) is 12.2 Å². The van der Waals surface area contributed by atoms with Gasteiger partial charge in [-0.25, -0.2) is 0 Å². The van der Waals surface area contributed by atoms with Crippen LogP contribution in [0.2, 0.25) is 0 Å². The van der Waals surface area contributed by atoms with E-state index >= 15 is 0 Å². The quantitative estimate of drug-likeness (QED) is 0.436. The van der Waals surface area contributed by atoms with Crippen molar-refractivity contribution in [2.24, 2.45) is 5.73 Å². The van der Waals surface area contributed by atoms with Crippen LogP contribution < -0.4 is 11.1 Å². The van der Waals surface area contributed by atoms with Crippen molar-refractivity contribution in [2.75, 3.05) is 13.1 Å². The van der Waals surface area contributed by atoms with E-state index in [1.165, 1.54) is 0 Å². The number of likely N-dealkylation sites (tertiary alicyclic amines) is 1.